The Kier molecular flexibility index (Phi) is 5.18. The van der Waals surface area contributed by atoms with E-state index in [2.05, 4.69) is 38.7 Å². The molecule has 0 fully saturated rings. The van der Waals surface area contributed by atoms with E-state index in [1.54, 1.807) is 0 Å². The van der Waals surface area contributed by atoms with Crippen molar-refractivity contribution in [3.05, 3.63) is 64.1 Å². The Bertz CT molecular complexity index is 599. The zero-order chi connectivity index (χ0) is 14.4. The third-order valence-electron chi connectivity index (χ3n) is 3.00. The van der Waals surface area contributed by atoms with Crippen LogP contribution in [0.4, 0.5) is 5.69 Å². The summed E-state index contributed by atoms with van der Waals surface area (Å²) in [4.78, 5) is 12.0. The summed E-state index contributed by atoms with van der Waals surface area (Å²) in [6, 6.07) is 15.6. The molecular formula is C16H17BrN2O. The molecule has 2 aromatic carbocycles. The quantitative estimate of drug-likeness (QED) is 0.880. The Hall–Kier alpha value is -1.81. The van der Waals surface area contributed by atoms with Crippen LogP contribution in [0.15, 0.2) is 53.0 Å². The van der Waals surface area contributed by atoms with Gasteiger partial charge in [-0.15, -0.1) is 0 Å². The minimum atomic E-state index is -0.0444. The summed E-state index contributed by atoms with van der Waals surface area (Å²) >= 11 is 3.44. The van der Waals surface area contributed by atoms with Crippen molar-refractivity contribution in [2.45, 2.75) is 6.42 Å². The van der Waals surface area contributed by atoms with Gasteiger partial charge in [0, 0.05) is 29.3 Å². The summed E-state index contributed by atoms with van der Waals surface area (Å²) in [6.07, 6.45) is 0.816. The molecule has 0 aliphatic rings. The molecule has 0 saturated heterocycles. The zero-order valence-corrected chi connectivity index (χ0v) is 12.9. The number of hydrogen-bond donors (Lipinski definition) is 2. The second-order valence-corrected chi connectivity index (χ2v) is 5.38. The van der Waals surface area contributed by atoms with Gasteiger partial charge in [0.2, 0.25) is 0 Å². The number of hydrogen-bond acceptors (Lipinski definition) is 2. The van der Waals surface area contributed by atoms with Gasteiger partial charge in [-0.05, 0) is 42.3 Å². The highest BCUT2D eigenvalue weighted by atomic mass is 79.9. The molecule has 4 heteroatoms. The van der Waals surface area contributed by atoms with Crippen LogP contribution < -0.4 is 10.6 Å². The van der Waals surface area contributed by atoms with E-state index in [0.29, 0.717) is 12.1 Å². The van der Waals surface area contributed by atoms with Crippen molar-refractivity contribution in [3.8, 4) is 0 Å². The molecular weight excluding hydrogens is 316 g/mol. The van der Waals surface area contributed by atoms with Crippen LogP contribution in [-0.2, 0) is 6.42 Å². The van der Waals surface area contributed by atoms with Crippen molar-refractivity contribution >= 4 is 27.5 Å². The average molecular weight is 333 g/mol. The Labute approximate surface area is 127 Å². The standard InChI is InChI=1S/C16H17BrN2O/c1-18-15-7-3-5-13(11-15)16(20)19-9-8-12-4-2-6-14(17)10-12/h2-7,10-11,18H,8-9H2,1H3,(H,19,20). The monoisotopic (exact) mass is 332 g/mol. The van der Waals surface area contributed by atoms with Gasteiger partial charge in [0.1, 0.15) is 0 Å². The molecule has 2 aromatic rings. The number of rotatable bonds is 5. The maximum absolute atomic E-state index is 12.0. The number of halogens is 1. The van der Waals surface area contributed by atoms with Crippen molar-refractivity contribution in [3.63, 3.8) is 0 Å². The molecule has 0 atom stereocenters. The van der Waals surface area contributed by atoms with Gasteiger partial charge in [0.05, 0.1) is 0 Å². The molecule has 0 saturated carbocycles. The van der Waals surface area contributed by atoms with E-state index in [9.17, 15) is 4.79 Å². The first-order valence-electron chi connectivity index (χ1n) is 6.49. The lowest BCUT2D eigenvalue weighted by molar-refractivity contribution is 0.0954. The molecule has 3 nitrogen and oxygen atoms in total. The highest BCUT2D eigenvalue weighted by Gasteiger charge is 2.05. The van der Waals surface area contributed by atoms with Crippen LogP contribution in [-0.4, -0.2) is 19.5 Å². The van der Waals surface area contributed by atoms with Gasteiger partial charge in [0.25, 0.3) is 5.91 Å². The van der Waals surface area contributed by atoms with Crippen molar-refractivity contribution in [1.29, 1.82) is 0 Å². The number of nitrogens with one attached hydrogen (secondary N) is 2. The molecule has 0 bridgehead atoms. The molecule has 0 spiro atoms. The molecule has 0 aliphatic heterocycles. The zero-order valence-electron chi connectivity index (χ0n) is 11.3. The molecule has 2 rings (SSSR count). The van der Waals surface area contributed by atoms with Gasteiger partial charge in [0.15, 0.2) is 0 Å². The fourth-order valence-corrected chi connectivity index (χ4v) is 2.38. The predicted octanol–water partition coefficient (Wildman–Crippen LogP) is 3.46. The van der Waals surface area contributed by atoms with E-state index < -0.39 is 0 Å². The summed E-state index contributed by atoms with van der Waals surface area (Å²) in [5, 5.41) is 5.96. The summed E-state index contributed by atoms with van der Waals surface area (Å²) in [5.74, 6) is -0.0444. The first-order valence-corrected chi connectivity index (χ1v) is 7.29. The Morgan fingerprint density at radius 2 is 1.95 bits per heavy atom. The Morgan fingerprint density at radius 1 is 1.15 bits per heavy atom. The lowest BCUT2D eigenvalue weighted by atomic mass is 10.1. The third-order valence-corrected chi connectivity index (χ3v) is 3.49. The van der Waals surface area contributed by atoms with Crippen LogP contribution in [0.25, 0.3) is 0 Å². The van der Waals surface area contributed by atoms with E-state index in [0.717, 1.165) is 16.6 Å². The minimum absolute atomic E-state index is 0.0444. The number of benzene rings is 2. The molecule has 20 heavy (non-hydrogen) atoms. The van der Waals surface area contributed by atoms with Gasteiger partial charge < -0.3 is 10.6 Å². The van der Waals surface area contributed by atoms with Gasteiger partial charge in [-0.3, -0.25) is 4.79 Å². The number of carbonyl (C=O) groups is 1. The Morgan fingerprint density at radius 3 is 2.70 bits per heavy atom. The summed E-state index contributed by atoms with van der Waals surface area (Å²) in [5.41, 5.74) is 2.80. The molecule has 2 N–H and O–H groups in total. The minimum Gasteiger partial charge on any atom is -0.388 e. The highest BCUT2D eigenvalue weighted by Crippen LogP contribution is 2.12. The molecule has 0 unspecified atom stereocenters. The van der Waals surface area contributed by atoms with Crippen LogP contribution in [0.5, 0.6) is 0 Å². The fraction of sp³-hybridized carbons (Fsp3) is 0.188. The van der Waals surface area contributed by atoms with Gasteiger partial charge >= 0.3 is 0 Å². The average Bonchev–Trinajstić information content (AvgIpc) is 2.47. The van der Waals surface area contributed by atoms with Gasteiger partial charge in [-0.25, -0.2) is 0 Å². The van der Waals surface area contributed by atoms with Crippen molar-refractivity contribution < 1.29 is 4.79 Å². The van der Waals surface area contributed by atoms with E-state index in [1.165, 1.54) is 5.56 Å². The molecule has 1 amide bonds. The summed E-state index contributed by atoms with van der Waals surface area (Å²) in [6.45, 7) is 0.624. The summed E-state index contributed by atoms with van der Waals surface area (Å²) in [7, 11) is 1.84. The SMILES string of the molecule is CNc1cccc(C(=O)NCCc2cccc(Br)c2)c1. The lowest BCUT2D eigenvalue weighted by Crippen LogP contribution is -2.25. The fourth-order valence-electron chi connectivity index (χ4n) is 1.93. The van der Waals surface area contributed by atoms with Gasteiger partial charge in [-0.1, -0.05) is 34.1 Å². The van der Waals surface area contributed by atoms with Crippen LogP contribution in [0, 0.1) is 0 Å². The van der Waals surface area contributed by atoms with Crippen molar-refractivity contribution in [1.82, 2.24) is 5.32 Å². The van der Waals surface area contributed by atoms with Crippen LogP contribution in [0.1, 0.15) is 15.9 Å². The molecule has 0 radical (unpaired) electrons. The second kappa shape index (κ2) is 7.10. The first kappa shape index (κ1) is 14.6. The van der Waals surface area contributed by atoms with E-state index in [1.807, 2.05) is 43.4 Å². The lowest BCUT2D eigenvalue weighted by Gasteiger charge is -2.07. The van der Waals surface area contributed by atoms with Gasteiger partial charge in [-0.2, -0.15) is 0 Å². The van der Waals surface area contributed by atoms with Crippen molar-refractivity contribution in [2.75, 3.05) is 18.9 Å². The predicted molar refractivity (Wildman–Crippen MR) is 86.2 cm³/mol. The van der Waals surface area contributed by atoms with Crippen LogP contribution in [0.3, 0.4) is 0 Å². The van der Waals surface area contributed by atoms with Crippen LogP contribution >= 0.6 is 15.9 Å². The largest absolute Gasteiger partial charge is 0.388 e. The maximum Gasteiger partial charge on any atom is 0.251 e. The number of carbonyl (C=O) groups excluding carboxylic acids is 1. The topological polar surface area (TPSA) is 41.1 Å². The van der Waals surface area contributed by atoms with Crippen molar-refractivity contribution in [2.24, 2.45) is 0 Å². The van der Waals surface area contributed by atoms with E-state index >= 15 is 0 Å². The molecule has 104 valence electrons. The second-order valence-electron chi connectivity index (χ2n) is 4.47. The molecule has 0 aliphatic carbocycles. The highest BCUT2D eigenvalue weighted by molar-refractivity contribution is 9.10. The maximum atomic E-state index is 12.0. The third kappa shape index (κ3) is 4.10. The molecule has 0 aromatic heterocycles. The number of anilines is 1. The van der Waals surface area contributed by atoms with E-state index in [-0.39, 0.29) is 5.91 Å². The summed E-state index contributed by atoms with van der Waals surface area (Å²) < 4.78 is 1.06. The van der Waals surface area contributed by atoms with E-state index in [4.69, 9.17) is 0 Å². The normalized spacial score (nSPS) is 10.1. The smallest absolute Gasteiger partial charge is 0.251 e. The van der Waals surface area contributed by atoms with Crippen LogP contribution in [0.2, 0.25) is 0 Å². The Balaban J connectivity index is 1.89. The first-order chi connectivity index (χ1) is 9.69. The number of amides is 1. The molecule has 0 heterocycles.